The molecular weight excluding hydrogens is 547 g/mol. The molecule has 1 amide bonds. The normalized spacial score (nSPS) is 23.1. The average molecular weight is 587 g/mol. The molecule has 5 rings (SSSR count). The van der Waals surface area contributed by atoms with Crippen molar-refractivity contribution in [3.8, 4) is 0 Å². The largest absolute Gasteiger partial charge is 0.379 e. The number of anilines is 1. The molecule has 2 aromatic rings. The van der Waals surface area contributed by atoms with Gasteiger partial charge in [0.25, 0.3) is 0 Å². The Bertz CT molecular complexity index is 1150. The molecule has 0 spiro atoms. The number of benzene rings is 1. The number of aromatic nitrogens is 1. The molecule has 39 heavy (non-hydrogen) atoms. The first kappa shape index (κ1) is 31.6. The molecule has 0 saturated carbocycles. The summed E-state index contributed by atoms with van der Waals surface area (Å²) < 4.78 is 33.1. The Morgan fingerprint density at radius 2 is 1.92 bits per heavy atom. The van der Waals surface area contributed by atoms with Gasteiger partial charge in [0.1, 0.15) is 11.6 Å². The first-order valence-electron chi connectivity index (χ1n) is 13.2. The summed E-state index contributed by atoms with van der Waals surface area (Å²) in [5.74, 6) is -1.12. The van der Waals surface area contributed by atoms with Crippen LogP contribution < -0.4 is 10.2 Å². The van der Waals surface area contributed by atoms with Crippen molar-refractivity contribution in [2.75, 3.05) is 63.9 Å². The SMILES string of the molecule is C[C@@H]1CN(CC(=O)N2CC(C)(C)c3cnc(Cc4ccc(F)cc4F)cc32)[C@@H](CN2CCOCC2)CN1.Cl.Cl. The molecule has 1 aromatic carbocycles. The zero-order valence-electron chi connectivity index (χ0n) is 22.8. The third-order valence-electron chi connectivity index (χ3n) is 7.84. The van der Waals surface area contributed by atoms with Crippen LogP contribution in [0.15, 0.2) is 30.5 Å². The maximum Gasteiger partial charge on any atom is 0.241 e. The second-order valence-corrected chi connectivity index (χ2v) is 11.3. The highest BCUT2D eigenvalue weighted by molar-refractivity contribution is 5.97. The maximum absolute atomic E-state index is 14.3. The van der Waals surface area contributed by atoms with Gasteiger partial charge in [-0.25, -0.2) is 8.78 Å². The van der Waals surface area contributed by atoms with Gasteiger partial charge in [0.05, 0.1) is 25.4 Å². The van der Waals surface area contributed by atoms with Crippen LogP contribution in [0.2, 0.25) is 0 Å². The number of halogens is 4. The van der Waals surface area contributed by atoms with Crippen molar-refractivity contribution >= 4 is 36.4 Å². The summed E-state index contributed by atoms with van der Waals surface area (Å²) in [5, 5.41) is 3.57. The number of carbonyl (C=O) groups excluding carboxylic acids is 1. The van der Waals surface area contributed by atoms with Gasteiger partial charge in [0.2, 0.25) is 5.91 Å². The molecule has 2 fully saturated rings. The minimum atomic E-state index is -0.601. The van der Waals surface area contributed by atoms with E-state index in [-0.39, 0.29) is 48.6 Å². The zero-order chi connectivity index (χ0) is 26.2. The van der Waals surface area contributed by atoms with Gasteiger partial charge in [-0.2, -0.15) is 0 Å². The topological polar surface area (TPSA) is 60.9 Å². The van der Waals surface area contributed by atoms with E-state index in [1.165, 1.54) is 12.1 Å². The van der Waals surface area contributed by atoms with E-state index < -0.39 is 11.6 Å². The van der Waals surface area contributed by atoms with Gasteiger partial charge in [-0.15, -0.1) is 24.8 Å². The molecule has 3 aliphatic heterocycles. The monoisotopic (exact) mass is 585 g/mol. The van der Waals surface area contributed by atoms with Crippen LogP contribution in [0.5, 0.6) is 0 Å². The Morgan fingerprint density at radius 1 is 1.18 bits per heavy atom. The van der Waals surface area contributed by atoms with E-state index in [1.54, 1.807) is 0 Å². The van der Waals surface area contributed by atoms with Crippen LogP contribution in [0.3, 0.4) is 0 Å². The average Bonchev–Trinajstić information content (AvgIpc) is 3.13. The smallest absolute Gasteiger partial charge is 0.241 e. The Hall–Kier alpha value is -1.88. The van der Waals surface area contributed by atoms with Crippen LogP contribution in [0.4, 0.5) is 14.5 Å². The van der Waals surface area contributed by atoms with Crippen molar-refractivity contribution < 1.29 is 18.3 Å². The maximum atomic E-state index is 14.3. The molecule has 1 aromatic heterocycles. The Kier molecular flexibility index (Phi) is 10.7. The first-order chi connectivity index (χ1) is 17.7. The van der Waals surface area contributed by atoms with E-state index in [4.69, 9.17) is 4.74 Å². The molecule has 11 heteroatoms. The number of hydrogen-bond donors (Lipinski definition) is 1. The van der Waals surface area contributed by atoms with Crippen LogP contribution in [0.1, 0.15) is 37.6 Å². The minimum absolute atomic E-state index is 0. The number of pyridine rings is 1. The van der Waals surface area contributed by atoms with Gasteiger partial charge in [-0.05, 0) is 24.6 Å². The van der Waals surface area contributed by atoms with Crippen LogP contribution in [-0.4, -0.2) is 91.8 Å². The molecule has 2 saturated heterocycles. The number of hydrogen-bond acceptors (Lipinski definition) is 6. The minimum Gasteiger partial charge on any atom is -0.379 e. The molecule has 7 nitrogen and oxygen atoms in total. The summed E-state index contributed by atoms with van der Waals surface area (Å²) in [6, 6.07) is 6.07. The van der Waals surface area contributed by atoms with E-state index in [1.807, 2.05) is 17.2 Å². The number of ether oxygens (including phenoxy) is 1. The standard InChI is InChI=1S/C28H37F2N5O2.2ClH/c1-19-15-34(23(13-31-19)16-33-6-8-37-9-7-33)17-27(36)35-18-28(2,3)24-14-32-22(12-26(24)35)10-20-4-5-21(29)11-25(20)30;;/h4-5,11-12,14,19,23,31H,6-10,13,15-18H2,1-3H3;2*1H/t19-,23-;;/m1../s1. The zero-order valence-corrected chi connectivity index (χ0v) is 24.4. The molecule has 0 unspecified atom stereocenters. The summed E-state index contributed by atoms with van der Waals surface area (Å²) in [7, 11) is 0. The summed E-state index contributed by atoms with van der Waals surface area (Å²) in [6.45, 7) is 13.3. The number of carbonyl (C=O) groups is 1. The predicted octanol–water partition coefficient (Wildman–Crippen LogP) is 3.41. The van der Waals surface area contributed by atoms with E-state index >= 15 is 0 Å². The highest BCUT2D eigenvalue weighted by atomic mass is 35.5. The number of nitrogens with zero attached hydrogens (tertiary/aromatic N) is 4. The third kappa shape index (κ3) is 7.26. The number of amides is 1. The fourth-order valence-corrected chi connectivity index (χ4v) is 5.72. The Balaban J connectivity index is 0.00000210. The lowest BCUT2D eigenvalue weighted by atomic mass is 9.88. The summed E-state index contributed by atoms with van der Waals surface area (Å²) in [5.41, 5.74) is 2.66. The van der Waals surface area contributed by atoms with Crippen LogP contribution in [0, 0.1) is 11.6 Å². The predicted molar refractivity (Wildman–Crippen MR) is 153 cm³/mol. The molecule has 0 bridgehead atoms. The lowest BCUT2D eigenvalue weighted by Crippen LogP contribution is -2.61. The van der Waals surface area contributed by atoms with E-state index in [0.29, 0.717) is 30.4 Å². The number of piperazine rings is 1. The van der Waals surface area contributed by atoms with E-state index in [0.717, 1.165) is 63.3 Å². The third-order valence-corrected chi connectivity index (χ3v) is 7.84. The number of morpholine rings is 1. The van der Waals surface area contributed by atoms with Gasteiger partial charge in [-0.3, -0.25) is 19.6 Å². The number of nitrogens with one attached hydrogen (secondary N) is 1. The second-order valence-electron chi connectivity index (χ2n) is 11.3. The Labute approximate surface area is 242 Å². The summed E-state index contributed by atoms with van der Waals surface area (Å²) in [6.07, 6.45) is 2.05. The van der Waals surface area contributed by atoms with Crippen LogP contribution in [0.25, 0.3) is 0 Å². The molecule has 216 valence electrons. The second kappa shape index (κ2) is 13.2. The van der Waals surface area contributed by atoms with Crippen molar-refractivity contribution in [1.82, 2.24) is 20.1 Å². The van der Waals surface area contributed by atoms with Crippen LogP contribution >= 0.6 is 24.8 Å². The van der Waals surface area contributed by atoms with E-state index in [2.05, 4.69) is 40.9 Å². The van der Waals surface area contributed by atoms with Gasteiger partial charge in [-0.1, -0.05) is 19.9 Å². The fraction of sp³-hybridized carbons (Fsp3) is 0.571. The lowest BCUT2D eigenvalue weighted by Gasteiger charge is -2.42. The molecule has 2 atom stereocenters. The Morgan fingerprint density at radius 3 is 2.64 bits per heavy atom. The lowest BCUT2D eigenvalue weighted by molar-refractivity contribution is -0.121. The fourth-order valence-electron chi connectivity index (χ4n) is 5.72. The van der Waals surface area contributed by atoms with Crippen LogP contribution in [-0.2, 0) is 21.4 Å². The number of fused-ring (bicyclic) bond motifs is 1. The highest BCUT2D eigenvalue weighted by Gasteiger charge is 2.40. The van der Waals surface area contributed by atoms with Gasteiger partial charge in [0, 0.05) is 86.7 Å². The molecule has 3 aliphatic rings. The molecule has 4 heterocycles. The van der Waals surface area contributed by atoms with Crippen molar-refractivity contribution in [2.45, 2.75) is 44.7 Å². The van der Waals surface area contributed by atoms with Crippen molar-refractivity contribution in [3.05, 3.63) is 58.9 Å². The highest BCUT2D eigenvalue weighted by Crippen LogP contribution is 2.40. The first-order valence-corrected chi connectivity index (χ1v) is 13.2. The van der Waals surface area contributed by atoms with E-state index in [9.17, 15) is 13.6 Å². The van der Waals surface area contributed by atoms with Gasteiger partial charge < -0.3 is 15.0 Å². The van der Waals surface area contributed by atoms with Crippen molar-refractivity contribution in [2.24, 2.45) is 0 Å². The molecular formula is C28H39Cl2F2N5O2. The summed E-state index contributed by atoms with van der Waals surface area (Å²) in [4.78, 5) is 25.0. The molecule has 0 radical (unpaired) electrons. The van der Waals surface area contributed by atoms with Crippen molar-refractivity contribution in [1.29, 1.82) is 0 Å². The molecule has 1 N–H and O–H groups in total. The number of rotatable bonds is 6. The summed E-state index contributed by atoms with van der Waals surface area (Å²) >= 11 is 0. The van der Waals surface area contributed by atoms with Crippen molar-refractivity contribution in [3.63, 3.8) is 0 Å². The van der Waals surface area contributed by atoms with Gasteiger partial charge >= 0.3 is 0 Å². The molecule has 0 aliphatic carbocycles. The van der Waals surface area contributed by atoms with Gasteiger partial charge in [0.15, 0.2) is 0 Å². The quantitative estimate of drug-likeness (QED) is 0.560.